The van der Waals surface area contributed by atoms with Gasteiger partial charge in [-0.2, -0.15) is 4.98 Å². The van der Waals surface area contributed by atoms with Crippen molar-refractivity contribution in [1.82, 2.24) is 24.8 Å². The summed E-state index contributed by atoms with van der Waals surface area (Å²) >= 11 is 13.0. The first-order valence-electron chi connectivity index (χ1n) is 12.9. The lowest BCUT2D eigenvalue weighted by Crippen LogP contribution is -2.35. The van der Waals surface area contributed by atoms with Crippen LogP contribution in [0.3, 0.4) is 0 Å². The van der Waals surface area contributed by atoms with Gasteiger partial charge in [0.25, 0.3) is 0 Å². The largest absolute Gasteiger partial charge is 0.507 e. The number of allylic oxidation sites excluding steroid dienone is 6. The van der Waals surface area contributed by atoms with E-state index in [4.69, 9.17) is 27.9 Å². The summed E-state index contributed by atoms with van der Waals surface area (Å²) in [7, 11) is 1.48. The van der Waals surface area contributed by atoms with Crippen LogP contribution in [0.15, 0.2) is 70.8 Å². The van der Waals surface area contributed by atoms with Gasteiger partial charge in [0.15, 0.2) is 5.82 Å². The highest BCUT2D eigenvalue weighted by Crippen LogP contribution is 2.31. The number of hydrogen-bond acceptors (Lipinski definition) is 10. The van der Waals surface area contributed by atoms with Crippen molar-refractivity contribution in [2.75, 3.05) is 30.8 Å². The molecule has 12 heteroatoms. The Labute approximate surface area is 242 Å². The number of piperidine rings is 1. The van der Waals surface area contributed by atoms with Crippen molar-refractivity contribution in [2.24, 2.45) is 0 Å². The quantitative estimate of drug-likeness (QED) is 0.277. The lowest BCUT2D eigenvalue weighted by molar-refractivity contribution is 0.0955. The molecule has 3 aliphatic rings. The van der Waals surface area contributed by atoms with Crippen LogP contribution in [0.2, 0.25) is 0 Å². The number of anilines is 2. The number of likely N-dealkylation sites (tertiary alicyclic amines) is 1. The van der Waals surface area contributed by atoms with Crippen LogP contribution in [0.5, 0.6) is 0 Å². The van der Waals surface area contributed by atoms with Gasteiger partial charge in [-0.05, 0) is 56.0 Å². The molecule has 2 atom stereocenters. The predicted octanol–water partition coefficient (Wildman–Crippen LogP) is 4.31. The number of halogens is 2. The van der Waals surface area contributed by atoms with Crippen LogP contribution >= 0.6 is 23.2 Å². The number of rotatable bonds is 7. The highest BCUT2D eigenvalue weighted by molar-refractivity contribution is 6.34. The molecule has 2 aliphatic carbocycles. The molecule has 1 saturated heterocycles. The molecule has 0 bridgehead atoms. The topological polar surface area (TPSA) is 129 Å². The van der Waals surface area contributed by atoms with Crippen molar-refractivity contribution in [2.45, 2.75) is 43.3 Å². The van der Waals surface area contributed by atoms with Gasteiger partial charge in [0.1, 0.15) is 34.4 Å². The van der Waals surface area contributed by atoms with Gasteiger partial charge >= 0.3 is 0 Å². The van der Waals surface area contributed by atoms with E-state index < -0.39 is 11.5 Å². The van der Waals surface area contributed by atoms with E-state index in [2.05, 4.69) is 53.4 Å². The van der Waals surface area contributed by atoms with E-state index in [0.29, 0.717) is 23.2 Å². The van der Waals surface area contributed by atoms with E-state index in [0.717, 1.165) is 44.5 Å². The smallest absolute Gasteiger partial charge is 0.230 e. The normalized spacial score (nSPS) is 23.6. The molecule has 2 aromatic heterocycles. The van der Waals surface area contributed by atoms with Crippen molar-refractivity contribution in [3.8, 4) is 23.2 Å². The zero-order valence-electron chi connectivity index (χ0n) is 21.8. The molecule has 10 nitrogen and oxygen atoms in total. The summed E-state index contributed by atoms with van der Waals surface area (Å²) in [6, 6.07) is 3.57. The summed E-state index contributed by atoms with van der Waals surface area (Å²) < 4.78 is 5.20. The van der Waals surface area contributed by atoms with E-state index in [9.17, 15) is 10.2 Å². The van der Waals surface area contributed by atoms with Crippen LogP contribution in [-0.2, 0) is 4.74 Å². The van der Waals surface area contributed by atoms with Gasteiger partial charge in [0, 0.05) is 37.8 Å². The number of nitrogens with one attached hydrogen (secondary N) is 2. The van der Waals surface area contributed by atoms with Crippen molar-refractivity contribution in [3.63, 3.8) is 0 Å². The van der Waals surface area contributed by atoms with Crippen LogP contribution in [-0.4, -0.2) is 72.8 Å². The average molecular weight is 582 g/mol. The molecule has 0 aromatic carbocycles. The SMILES string of the molecule is COC1C#CC(Cl)/C(Nc2ncccc2-c2ncnc(NC3=CC=C(N4CCC(O)CC4)CC3)n2)=C(/Cl)C(O)=C1. The number of nitrogens with zero attached hydrogens (tertiary/aromatic N) is 5. The Morgan fingerprint density at radius 1 is 1.10 bits per heavy atom. The maximum absolute atomic E-state index is 10.5. The molecule has 1 fully saturated rings. The highest BCUT2D eigenvalue weighted by atomic mass is 35.5. The number of ether oxygens (including phenoxy) is 1. The number of aliphatic hydroxyl groups is 2. The van der Waals surface area contributed by atoms with Gasteiger partial charge in [0.05, 0.1) is 17.4 Å². The number of alkyl halides is 1. The van der Waals surface area contributed by atoms with Crippen LogP contribution in [0, 0.1) is 11.8 Å². The molecule has 40 heavy (non-hydrogen) atoms. The van der Waals surface area contributed by atoms with Gasteiger partial charge in [-0.15, -0.1) is 11.6 Å². The molecule has 0 radical (unpaired) electrons. The highest BCUT2D eigenvalue weighted by Gasteiger charge is 2.23. The maximum atomic E-state index is 10.5. The molecule has 0 amide bonds. The Bertz CT molecular complexity index is 1440. The van der Waals surface area contributed by atoms with E-state index in [-0.39, 0.29) is 22.6 Å². The fourth-order valence-electron chi connectivity index (χ4n) is 4.57. The summed E-state index contributed by atoms with van der Waals surface area (Å²) in [4.78, 5) is 20.0. The van der Waals surface area contributed by atoms with Gasteiger partial charge in [-0.25, -0.2) is 15.0 Å². The van der Waals surface area contributed by atoms with Crippen LogP contribution in [0.25, 0.3) is 11.4 Å². The van der Waals surface area contributed by atoms with Crippen LogP contribution in [0.4, 0.5) is 11.8 Å². The first-order chi connectivity index (χ1) is 19.4. The molecule has 0 spiro atoms. The van der Waals surface area contributed by atoms with Crippen molar-refractivity contribution < 1.29 is 14.9 Å². The third kappa shape index (κ3) is 6.57. The van der Waals surface area contributed by atoms with E-state index in [1.54, 1.807) is 12.3 Å². The van der Waals surface area contributed by atoms with E-state index in [1.165, 1.54) is 25.2 Å². The van der Waals surface area contributed by atoms with Gasteiger partial charge in [0.2, 0.25) is 5.95 Å². The summed E-state index contributed by atoms with van der Waals surface area (Å²) in [5.74, 6) is 6.67. The predicted molar refractivity (Wildman–Crippen MR) is 154 cm³/mol. The van der Waals surface area contributed by atoms with Crippen molar-refractivity contribution in [1.29, 1.82) is 0 Å². The molecule has 208 valence electrons. The number of pyridine rings is 1. The van der Waals surface area contributed by atoms with Crippen LogP contribution < -0.4 is 10.6 Å². The minimum atomic E-state index is -0.863. The number of aliphatic hydroxyl groups excluding tert-OH is 2. The van der Waals surface area contributed by atoms with E-state index >= 15 is 0 Å². The second-order valence-electron chi connectivity index (χ2n) is 9.44. The standard InChI is InChI=1S/C28H29Cl2N7O3/c1-40-20-8-9-22(29)25(24(30)23(39)15-20)35-26-21(3-2-12-31-26)27-32-16-33-28(36-27)34-17-4-6-18(7-5-17)37-13-10-19(38)11-14-37/h2-4,6,12,15-16,19-20,22,38-39H,5,7,10-11,13-14H2,1H3,(H,31,35)(H,32,33,34,36)/b23-15?,25-24-. The maximum Gasteiger partial charge on any atom is 0.230 e. The van der Waals surface area contributed by atoms with Gasteiger partial charge in [-0.1, -0.05) is 23.4 Å². The summed E-state index contributed by atoms with van der Waals surface area (Å²) in [5.41, 5.74) is 3.12. The molecule has 1 aliphatic heterocycles. The fraction of sp³-hybridized carbons (Fsp3) is 0.357. The fourth-order valence-corrected chi connectivity index (χ4v) is 5.07. The molecule has 2 unspecified atom stereocenters. The molecular weight excluding hydrogens is 553 g/mol. The second kappa shape index (κ2) is 12.7. The minimum Gasteiger partial charge on any atom is -0.507 e. The Morgan fingerprint density at radius 2 is 1.93 bits per heavy atom. The number of methoxy groups -OCH3 is 1. The Balaban J connectivity index is 1.35. The third-order valence-corrected chi connectivity index (χ3v) is 7.50. The molecule has 4 N–H and O–H groups in total. The lowest BCUT2D eigenvalue weighted by atomic mass is 10.0. The van der Waals surface area contributed by atoms with Gasteiger partial charge in [-0.3, -0.25) is 0 Å². The molecule has 2 aromatic rings. The van der Waals surface area contributed by atoms with Crippen molar-refractivity contribution in [3.05, 3.63) is 70.8 Å². The zero-order valence-corrected chi connectivity index (χ0v) is 23.3. The zero-order chi connectivity index (χ0) is 28.1. The molecular formula is C28H29Cl2N7O3. The summed E-state index contributed by atoms with van der Waals surface area (Å²) in [6.07, 6.45) is 11.1. The Hall–Kier alpha value is -3.62. The number of aromatic nitrogens is 4. The molecule has 3 heterocycles. The first kappa shape index (κ1) is 27.9. The van der Waals surface area contributed by atoms with Crippen molar-refractivity contribution >= 4 is 35.0 Å². The molecule has 0 saturated carbocycles. The van der Waals surface area contributed by atoms with Gasteiger partial charge < -0.3 is 30.5 Å². The van der Waals surface area contributed by atoms with Crippen LogP contribution in [0.1, 0.15) is 25.7 Å². The van der Waals surface area contributed by atoms with E-state index in [1.807, 2.05) is 12.1 Å². The minimum absolute atomic E-state index is 0.00282. The Morgan fingerprint density at radius 3 is 2.67 bits per heavy atom. The monoisotopic (exact) mass is 581 g/mol. The third-order valence-electron chi connectivity index (χ3n) is 6.77. The second-order valence-corrected chi connectivity index (χ2v) is 10.3. The first-order valence-corrected chi connectivity index (χ1v) is 13.7. The lowest BCUT2D eigenvalue weighted by Gasteiger charge is -2.34. The molecule has 5 rings (SSSR count). The number of hydrogen-bond donors (Lipinski definition) is 4. The summed E-state index contributed by atoms with van der Waals surface area (Å²) in [6.45, 7) is 1.76. The Kier molecular flexibility index (Phi) is 8.87. The summed E-state index contributed by atoms with van der Waals surface area (Å²) in [5, 5.41) is 25.8. The average Bonchev–Trinajstić information content (AvgIpc) is 2.98.